The number of nitrogens with one attached hydrogen (secondary N) is 1. The second-order valence-electron chi connectivity index (χ2n) is 4.94. The van der Waals surface area contributed by atoms with E-state index in [4.69, 9.17) is 5.11 Å². The van der Waals surface area contributed by atoms with E-state index >= 15 is 0 Å². The van der Waals surface area contributed by atoms with E-state index in [1.54, 1.807) is 0 Å². The van der Waals surface area contributed by atoms with Gasteiger partial charge in [-0.25, -0.2) is 4.98 Å². The van der Waals surface area contributed by atoms with Gasteiger partial charge in [-0.3, -0.25) is 4.79 Å². The Balaban J connectivity index is 1.97. The summed E-state index contributed by atoms with van der Waals surface area (Å²) >= 11 is 1.49. The van der Waals surface area contributed by atoms with Gasteiger partial charge in [0, 0.05) is 17.5 Å². The lowest BCUT2D eigenvalue weighted by molar-refractivity contribution is -0.136. The molecule has 0 aliphatic heterocycles. The molecule has 0 radical (unpaired) electrons. The van der Waals surface area contributed by atoms with Crippen LogP contribution in [0.4, 0.5) is 10.8 Å². The van der Waals surface area contributed by atoms with Crippen LogP contribution in [0, 0.1) is 0 Å². The third-order valence-electron chi connectivity index (χ3n) is 2.98. The highest BCUT2D eigenvalue weighted by molar-refractivity contribution is 7.13. The van der Waals surface area contributed by atoms with E-state index in [2.05, 4.69) is 36.3 Å². The first kappa shape index (κ1) is 14.5. The van der Waals surface area contributed by atoms with E-state index in [1.165, 1.54) is 16.9 Å². The predicted molar refractivity (Wildman–Crippen MR) is 81.9 cm³/mol. The topological polar surface area (TPSA) is 62.2 Å². The minimum atomic E-state index is -0.795. The van der Waals surface area contributed by atoms with Gasteiger partial charge in [-0.2, -0.15) is 0 Å². The molecule has 0 atom stereocenters. The smallest absolute Gasteiger partial charge is 0.303 e. The van der Waals surface area contributed by atoms with Crippen molar-refractivity contribution >= 4 is 28.1 Å². The van der Waals surface area contributed by atoms with Crippen LogP contribution in [0.15, 0.2) is 29.6 Å². The van der Waals surface area contributed by atoms with Gasteiger partial charge < -0.3 is 10.4 Å². The Hall–Kier alpha value is -1.88. The highest BCUT2D eigenvalue weighted by atomic mass is 32.1. The van der Waals surface area contributed by atoms with Crippen molar-refractivity contribution < 1.29 is 9.90 Å². The molecule has 1 aromatic heterocycles. The fraction of sp³-hybridized carbons (Fsp3) is 0.333. The molecule has 2 N–H and O–H groups in total. The van der Waals surface area contributed by atoms with E-state index in [0.29, 0.717) is 12.3 Å². The molecular weight excluding hydrogens is 272 g/mol. The molecule has 0 fully saturated rings. The molecule has 1 aromatic carbocycles. The van der Waals surface area contributed by atoms with Gasteiger partial charge in [0.2, 0.25) is 0 Å². The molecule has 1 heterocycles. The van der Waals surface area contributed by atoms with Gasteiger partial charge in [-0.1, -0.05) is 26.0 Å². The molecule has 0 saturated heterocycles. The second kappa shape index (κ2) is 6.52. The molecule has 20 heavy (non-hydrogen) atoms. The van der Waals surface area contributed by atoms with Gasteiger partial charge in [0.1, 0.15) is 0 Å². The molecule has 0 amide bonds. The van der Waals surface area contributed by atoms with E-state index in [0.717, 1.165) is 16.5 Å². The van der Waals surface area contributed by atoms with Crippen molar-refractivity contribution in [2.24, 2.45) is 0 Å². The van der Waals surface area contributed by atoms with Crippen molar-refractivity contribution in [2.75, 3.05) is 5.32 Å². The molecule has 4 nitrogen and oxygen atoms in total. The number of carboxylic acids is 1. The molecule has 2 rings (SSSR count). The standard InChI is InChI=1S/C15H18N2O2S/c1-10(2)11-3-5-12(6-4-11)16-15-17-13(9-20-15)7-8-14(18)19/h3-6,9-10H,7-8H2,1-2H3,(H,16,17)(H,18,19). The van der Waals surface area contributed by atoms with Gasteiger partial charge in [0.25, 0.3) is 0 Å². The molecule has 0 aliphatic carbocycles. The number of carboxylic acid groups (broad SMARTS) is 1. The molecule has 0 aliphatic rings. The van der Waals surface area contributed by atoms with Crippen molar-refractivity contribution in [3.63, 3.8) is 0 Å². The third-order valence-corrected chi connectivity index (χ3v) is 3.78. The lowest BCUT2D eigenvalue weighted by atomic mass is 10.0. The highest BCUT2D eigenvalue weighted by Gasteiger charge is 2.05. The largest absolute Gasteiger partial charge is 0.481 e. The summed E-state index contributed by atoms with van der Waals surface area (Å²) in [5, 5.41) is 14.6. The summed E-state index contributed by atoms with van der Waals surface area (Å²) < 4.78 is 0. The molecule has 2 aromatic rings. The summed E-state index contributed by atoms with van der Waals surface area (Å²) in [6.07, 6.45) is 0.589. The number of nitrogens with zero attached hydrogens (tertiary/aromatic N) is 1. The zero-order valence-corrected chi connectivity index (χ0v) is 12.4. The number of anilines is 2. The monoisotopic (exact) mass is 290 g/mol. The van der Waals surface area contributed by atoms with Gasteiger partial charge in [-0.05, 0) is 23.6 Å². The minimum Gasteiger partial charge on any atom is -0.481 e. The minimum absolute atomic E-state index is 0.117. The maximum Gasteiger partial charge on any atom is 0.303 e. The average molecular weight is 290 g/mol. The first-order valence-electron chi connectivity index (χ1n) is 6.58. The Morgan fingerprint density at radius 3 is 2.65 bits per heavy atom. The quantitative estimate of drug-likeness (QED) is 0.843. The molecule has 5 heteroatoms. The van der Waals surface area contributed by atoms with E-state index < -0.39 is 5.97 Å². The molecular formula is C15H18N2O2S. The van der Waals surface area contributed by atoms with Crippen LogP contribution in [0.3, 0.4) is 0 Å². The van der Waals surface area contributed by atoms with Crippen LogP contribution in [-0.4, -0.2) is 16.1 Å². The van der Waals surface area contributed by atoms with Crippen LogP contribution >= 0.6 is 11.3 Å². The zero-order chi connectivity index (χ0) is 14.5. The van der Waals surface area contributed by atoms with Crippen molar-refractivity contribution in [1.82, 2.24) is 4.98 Å². The van der Waals surface area contributed by atoms with Crippen LogP contribution < -0.4 is 5.32 Å². The highest BCUT2D eigenvalue weighted by Crippen LogP contribution is 2.23. The number of aromatic nitrogens is 1. The summed E-state index contributed by atoms with van der Waals surface area (Å²) in [5.41, 5.74) is 3.11. The lowest BCUT2D eigenvalue weighted by Crippen LogP contribution is -1.98. The van der Waals surface area contributed by atoms with Crippen LogP contribution in [0.2, 0.25) is 0 Å². The van der Waals surface area contributed by atoms with Gasteiger partial charge in [-0.15, -0.1) is 11.3 Å². The number of benzene rings is 1. The van der Waals surface area contributed by atoms with Crippen molar-refractivity contribution in [3.8, 4) is 0 Å². The first-order chi connectivity index (χ1) is 9.54. The maximum absolute atomic E-state index is 10.5. The van der Waals surface area contributed by atoms with Crippen molar-refractivity contribution in [3.05, 3.63) is 40.9 Å². The summed E-state index contributed by atoms with van der Waals surface area (Å²) in [6, 6.07) is 8.28. The number of aryl methyl sites for hydroxylation is 1. The van der Waals surface area contributed by atoms with Gasteiger partial charge >= 0.3 is 5.97 Å². The van der Waals surface area contributed by atoms with E-state index in [-0.39, 0.29) is 6.42 Å². The second-order valence-corrected chi connectivity index (χ2v) is 5.80. The van der Waals surface area contributed by atoms with Gasteiger partial charge in [0.15, 0.2) is 5.13 Å². The Morgan fingerprint density at radius 1 is 1.35 bits per heavy atom. The molecule has 0 bridgehead atoms. The fourth-order valence-electron chi connectivity index (χ4n) is 1.79. The first-order valence-corrected chi connectivity index (χ1v) is 7.45. The van der Waals surface area contributed by atoms with Crippen LogP contribution in [0.5, 0.6) is 0 Å². The third kappa shape index (κ3) is 4.06. The van der Waals surface area contributed by atoms with Gasteiger partial charge in [0.05, 0.1) is 12.1 Å². The normalized spacial score (nSPS) is 10.8. The summed E-state index contributed by atoms with van der Waals surface area (Å²) in [5.74, 6) is -0.275. The Kier molecular flexibility index (Phi) is 4.74. The Morgan fingerprint density at radius 2 is 2.05 bits per heavy atom. The zero-order valence-electron chi connectivity index (χ0n) is 11.6. The lowest BCUT2D eigenvalue weighted by Gasteiger charge is -2.07. The van der Waals surface area contributed by atoms with Crippen molar-refractivity contribution in [2.45, 2.75) is 32.6 Å². The van der Waals surface area contributed by atoms with Crippen molar-refractivity contribution in [1.29, 1.82) is 0 Å². The van der Waals surface area contributed by atoms with Crippen LogP contribution in [0.1, 0.15) is 37.4 Å². The number of hydrogen-bond donors (Lipinski definition) is 2. The predicted octanol–water partition coefficient (Wildman–Crippen LogP) is 4.03. The summed E-state index contributed by atoms with van der Waals surface area (Å²) in [4.78, 5) is 14.9. The molecule has 106 valence electrons. The molecule has 0 spiro atoms. The number of carbonyl (C=O) groups is 1. The van der Waals surface area contributed by atoms with Crippen LogP contribution in [0.25, 0.3) is 0 Å². The van der Waals surface area contributed by atoms with E-state index in [9.17, 15) is 4.79 Å². The Bertz CT molecular complexity index is 576. The maximum atomic E-state index is 10.5. The number of thiazole rings is 1. The molecule has 0 saturated carbocycles. The SMILES string of the molecule is CC(C)c1ccc(Nc2nc(CCC(=O)O)cs2)cc1. The summed E-state index contributed by atoms with van der Waals surface area (Å²) in [6.45, 7) is 4.33. The average Bonchev–Trinajstić information content (AvgIpc) is 2.84. The number of hydrogen-bond acceptors (Lipinski definition) is 4. The number of rotatable bonds is 6. The summed E-state index contributed by atoms with van der Waals surface area (Å²) in [7, 11) is 0. The number of aliphatic carboxylic acids is 1. The fourth-order valence-corrected chi connectivity index (χ4v) is 2.55. The van der Waals surface area contributed by atoms with E-state index in [1.807, 2.05) is 17.5 Å². The molecule has 0 unspecified atom stereocenters. The Labute approximate surface area is 122 Å². The van der Waals surface area contributed by atoms with Crippen LogP contribution in [-0.2, 0) is 11.2 Å².